The average molecular weight is 350 g/mol. The van der Waals surface area contributed by atoms with Gasteiger partial charge in [-0.1, -0.05) is 6.07 Å². The lowest BCUT2D eigenvalue weighted by molar-refractivity contribution is 0.0917. The molecule has 0 bridgehead atoms. The zero-order chi connectivity index (χ0) is 17.3. The molecule has 1 aliphatic rings. The van der Waals surface area contributed by atoms with Crippen LogP contribution in [0, 0.1) is 0 Å². The van der Waals surface area contributed by atoms with Gasteiger partial charge in [0.2, 0.25) is 0 Å². The van der Waals surface area contributed by atoms with Crippen molar-refractivity contribution in [2.75, 3.05) is 11.4 Å². The smallest absolute Gasteiger partial charge is 0.261 e. The second-order valence-corrected chi connectivity index (χ2v) is 7.18. The number of halogens is 1. The molecule has 3 N–H and O–H groups in total. The average Bonchev–Trinajstić information content (AvgIpc) is 2.56. The molecular weight excluding hydrogens is 335 g/mol. The van der Waals surface area contributed by atoms with Crippen LogP contribution in [0.25, 0.3) is 0 Å². The SMILES string of the molecule is O=C1NC(CF)Cc2ccc(S(=O)(=O)Nc3ccc(O)cc3)cc21. The van der Waals surface area contributed by atoms with Crippen molar-refractivity contribution in [2.45, 2.75) is 17.4 Å². The number of hydrogen-bond acceptors (Lipinski definition) is 4. The molecule has 0 fully saturated rings. The minimum Gasteiger partial charge on any atom is -0.508 e. The van der Waals surface area contributed by atoms with Crippen LogP contribution in [0.3, 0.4) is 0 Å². The number of carbonyl (C=O) groups excluding carboxylic acids is 1. The largest absolute Gasteiger partial charge is 0.508 e. The molecular formula is C16H15FN2O4S. The Morgan fingerprint density at radius 2 is 1.92 bits per heavy atom. The number of amides is 1. The quantitative estimate of drug-likeness (QED) is 0.733. The van der Waals surface area contributed by atoms with Crippen LogP contribution in [0.1, 0.15) is 15.9 Å². The van der Waals surface area contributed by atoms with Gasteiger partial charge in [0.05, 0.1) is 10.9 Å². The van der Waals surface area contributed by atoms with Gasteiger partial charge in [-0.05, 0) is 48.4 Å². The van der Waals surface area contributed by atoms with Gasteiger partial charge in [0.1, 0.15) is 12.4 Å². The number of phenols is 1. The van der Waals surface area contributed by atoms with Crippen molar-refractivity contribution in [1.29, 1.82) is 0 Å². The first-order chi connectivity index (χ1) is 11.4. The van der Waals surface area contributed by atoms with E-state index in [1.165, 1.54) is 42.5 Å². The summed E-state index contributed by atoms with van der Waals surface area (Å²) in [6.07, 6.45) is 0.323. The summed E-state index contributed by atoms with van der Waals surface area (Å²) in [6.45, 7) is -0.673. The predicted octanol–water partition coefficient (Wildman–Crippen LogP) is 1.82. The molecule has 0 aliphatic carbocycles. The lowest BCUT2D eigenvalue weighted by Crippen LogP contribution is -2.42. The fourth-order valence-electron chi connectivity index (χ4n) is 2.53. The second kappa shape index (κ2) is 6.12. The van der Waals surface area contributed by atoms with E-state index in [1.54, 1.807) is 0 Å². The first-order valence-electron chi connectivity index (χ1n) is 7.20. The van der Waals surface area contributed by atoms with Gasteiger partial charge in [-0.3, -0.25) is 9.52 Å². The number of hydrogen-bond donors (Lipinski definition) is 3. The van der Waals surface area contributed by atoms with Crippen molar-refractivity contribution in [2.24, 2.45) is 0 Å². The number of fused-ring (bicyclic) bond motifs is 1. The molecule has 1 aliphatic heterocycles. The van der Waals surface area contributed by atoms with Crippen molar-refractivity contribution in [3.05, 3.63) is 53.6 Å². The van der Waals surface area contributed by atoms with E-state index < -0.39 is 28.6 Å². The summed E-state index contributed by atoms with van der Waals surface area (Å²) in [4.78, 5) is 11.9. The molecule has 0 aromatic heterocycles. The van der Waals surface area contributed by atoms with Gasteiger partial charge in [-0.2, -0.15) is 0 Å². The number of nitrogens with one attached hydrogen (secondary N) is 2. The molecule has 1 atom stereocenters. The number of sulfonamides is 1. The van der Waals surface area contributed by atoms with Crippen LogP contribution in [0.4, 0.5) is 10.1 Å². The number of anilines is 1. The molecule has 1 heterocycles. The topological polar surface area (TPSA) is 95.5 Å². The van der Waals surface area contributed by atoms with Gasteiger partial charge in [-0.15, -0.1) is 0 Å². The van der Waals surface area contributed by atoms with E-state index in [9.17, 15) is 22.7 Å². The molecule has 24 heavy (non-hydrogen) atoms. The number of alkyl halides is 1. The van der Waals surface area contributed by atoms with Gasteiger partial charge < -0.3 is 10.4 Å². The molecule has 2 aromatic rings. The van der Waals surface area contributed by atoms with Crippen molar-refractivity contribution in [3.8, 4) is 5.75 Å². The lowest BCUT2D eigenvalue weighted by atomic mass is 9.96. The monoisotopic (exact) mass is 350 g/mol. The zero-order valence-corrected chi connectivity index (χ0v) is 13.3. The summed E-state index contributed by atoms with van der Waals surface area (Å²) in [6, 6.07) is 9.17. The Bertz CT molecular complexity index is 881. The highest BCUT2D eigenvalue weighted by molar-refractivity contribution is 7.92. The minimum atomic E-state index is -3.89. The Hall–Kier alpha value is -2.61. The number of carbonyl (C=O) groups is 1. The van der Waals surface area contributed by atoms with E-state index in [2.05, 4.69) is 10.0 Å². The number of benzene rings is 2. The fourth-order valence-corrected chi connectivity index (χ4v) is 3.61. The molecule has 126 valence electrons. The highest BCUT2D eigenvalue weighted by Crippen LogP contribution is 2.23. The van der Waals surface area contributed by atoms with E-state index >= 15 is 0 Å². The second-order valence-electron chi connectivity index (χ2n) is 5.50. The van der Waals surface area contributed by atoms with E-state index in [4.69, 9.17) is 0 Å². The molecule has 0 radical (unpaired) electrons. The van der Waals surface area contributed by atoms with Gasteiger partial charge in [0.25, 0.3) is 15.9 Å². The molecule has 0 saturated heterocycles. The summed E-state index contributed by atoms with van der Waals surface area (Å²) >= 11 is 0. The molecule has 2 aromatic carbocycles. The number of rotatable bonds is 4. The maximum Gasteiger partial charge on any atom is 0.261 e. The van der Waals surface area contributed by atoms with Crippen LogP contribution in [0.15, 0.2) is 47.4 Å². The Morgan fingerprint density at radius 1 is 1.21 bits per heavy atom. The van der Waals surface area contributed by atoms with Crippen molar-refractivity contribution < 1.29 is 22.7 Å². The van der Waals surface area contributed by atoms with E-state index in [0.29, 0.717) is 12.0 Å². The third-order valence-corrected chi connectivity index (χ3v) is 5.12. The first-order valence-corrected chi connectivity index (χ1v) is 8.69. The first kappa shape index (κ1) is 16.3. The Labute approximate surface area is 138 Å². The number of phenolic OH excluding ortho intramolecular Hbond substituents is 1. The minimum absolute atomic E-state index is 0.0193. The van der Waals surface area contributed by atoms with Gasteiger partial charge in [0, 0.05) is 11.3 Å². The van der Waals surface area contributed by atoms with Gasteiger partial charge in [-0.25, -0.2) is 12.8 Å². The highest BCUT2D eigenvalue weighted by atomic mass is 32.2. The van der Waals surface area contributed by atoms with Gasteiger partial charge >= 0.3 is 0 Å². The van der Waals surface area contributed by atoms with Crippen LogP contribution in [0.5, 0.6) is 5.75 Å². The Kier molecular flexibility index (Phi) is 4.15. The van der Waals surface area contributed by atoms with E-state index in [-0.39, 0.29) is 21.9 Å². The molecule has 3 rings (SSSR count). The maximum absolute atomic E-state index is 12.7. The van der Waals surface area contributed by atoms with Crippen molar-refractivity contribution >= 4 is 21.6 Å². The summed E-state index contributed by atoms with van der Waals surface area (Å²) in [7, 11) is -3.89. The Balaban J connectivity index is 1.91. The summed E-state index contributed by atoms with van der Waals surface area (Å²) in [5, 5.41) is 11.7. The van der Waals surface area contributed by atoms with E-state index in [0.717, 1.165) is 0 Å². The molecule has 0 spiro atoms. The van der Waals surface area contributed by atoms with Crippen molar-refractivity contribution in [1.82, 2.24) is 5.32 Å². The molecule has 0 saturated carbocycles. The summed E-state index contributed by atoms with van der Waals surface area (Å²) < 4.78 is 40.0. The normalized spacial score (nSPS) is 17.0. The predicted molar refractivity (Wildman–Crippen MR) is 86.3 cm³/mol. The van der Waals surface area contributed by atoms with Crippen LogP contribution in [-0.2, 0) is 16.4 Å². The van der Waals surface area contributed by atoms with Crippen LogP contribution >= 0.6 is 0 Å². The van der Waals surface area contributed by atoms with E-state index in [1.807, 2.05) is 0 Å². The molecule has 8 heteroatoms. The summed E-state index contributed by atoms with van der Waals surface area (Å²) in [5.74, 6) is -0.466. The number of aromatic hydroxyl groups is 1. The van der Waals surface area contributed by atoms with Crippen molar-refractivity contribution in [3.63, 3.8) is 0 Å². The van der Waals surface area contributed by atoms with Gasteiger partial charge in [0.15, 0.2) is 0 Å². The van der Waals surface area contributed by atoms with Crippen LogP contribution in [-0.4, -0.2) is 32.1 Å². The maximum atomic E-state index is 12.7. The fraction of sp³-hybridized carbons (Fsp3) is 0.188. The Morgan fingerprint density at radius 3 is 2.58 bits per heavy atom. The van der Waals surface area contributed by atoms with Crippen LogP contribution < -0.4 is 10.0 Å². The summed E-state index contributed by atoms with van der Waals surface area (Å²) in [5.41, 5.74) is 1.13. The molecule has 1 amide bonds. The third kappa shape index (κ3) is 3.18. The zero-order valence-electron chi connectivity index (χ0n) is 12.5. The molecule has 1 unspecified atom stereocenters. The van der Waals surface area contributed by atoms with Crippen LogP contribution in [0.2, 0.25) is 0 Å². The lowest BCUT2D eigenvalue weighted by Gasteiger charge is -2.23. The highest BCUT2D eigenvalue weighted by Gasteiger charge is 2.26. The molecule has 6 nitrogen and oxygen atoms in total. The standard InChI is InChI=1S/C16H15FN2O4S/c17-9-12-7-10-1-6-14(8-15(10)16(21)18-12)24(22,23)19-11-2-4-13(20)5-3-11/h1-6,8,12,19-20H,7,9H2,(H,18,21). The third-order valence-electron chi connectivity index (χ3n) is 3.74.